The molecule has 0 bridgehead atoms. The molecule has 0 N–H and O–H groups in total. The molecule has 0 aliphatic rings. The van der Waals surface area contributed by atoms with Gasteiger partial charge >= 0.3 is 0 Å². The summed E-state index contributed by atoms with van der Waals surface area (Å²) in [5.74, 6) is 0. The first-order chi connectivity index (χ1) is 28.8. The van der Waals surface area contributed by atoms with Crippen LogP contribution in [0.4, 0.5) is 0 Å². The van der Waals surface area contributed by atoms with Crippen molar-refractivity contribution in [1.82, 2.24) is 9.13 Å². The van der Waals surface area contributed by atoms with E-state index in [1.165, 1.54) is 95.9 Å². The molecule has 0 saturated carbocycles. The molecule has 12 aromatic rings. The number of para-hydroxylation sites is 3. The van der Waals surface area contributed by atoms with E-state index in [2.05, 4.69) is 228 Å². The van der Waals surface area contributed by atoms with Gasteiger partial charge in [-0.2, -0.15) is 0 Å². The van der Waals surface area contributed by atoms with Crippen LogP contribution in [0.15, 0.2) is 218 Å². The number of benzene rings is 9. The smallest absolute Gasteiger partial charge is 0.179 e. The third-order valence-electron chi connectivity index (χ3n) is 12.3. The molecule has 0 radical (unpaired) electrons. The van der Waals surface area contributed by atoms with Crippen LogP contribution in [-0.4, -0.2) is 17.2 Å². The van der Waals surface area contributed by atoms with E-state index >= 15 is 0 Å². The number of rotatable bonds is 6. The average Bonchev–Trinajstić information content (AvgIpc) is 3.94. The first-order valence-corrected chi connectivity index (χ1v) is 22.7. The number of aromatic nitrogens is 2. The van der Waals surface area contributed by atoms with Crippen molar-refractivity contribution >= 4 is 104 Å². The largest absolute Gasteiger partial charge is 0.309 e. The molecule has 0 unspecified atom stereocenters. The van der Waals surface area contributed by atoms with Crippen molar-refractivity contribution in [1.29, 1.82) is 0 Å². The molecular weight excluding hydrogens is 737 g/mol. The molecule has 12 rings (SSSR count). The summed E-state index contributed by atoms with van der Waals surface area (Å²) in [7, 11) is -2.80. The van der Waals surface area contributed by atoms with Crippen molar-refractivity contribution in [2.45, 2.75) is 0 Å². The number of thiophene rings is 1. The lowest BCUT2D eigenvalue weighted by atomic mass is 10.1. The number of hydrogen-bond donors (Lipinski definition) is 0. The standard InChI is InChI=1S/C54H36N2SSi/c1-3-15-39(16-4-1)58(40-17-5-2-6-18-40,41-31-27-37(28-32-41)55-49-23-11-7-19-43(49)44-20-8-12-24-50(44)55)42-33-29-38(30-34-42)56-51-25-13-9-21-45(51)47-35-48-46-22-10-14-26-53(46)57-54(48)36-52(47)56/h1-36H. The number of fused-ring (bicyclic) bond motifs is 9. The summed E-state index contributed by atoms with van der Waals surface area (Å²) in [6.07, 6.45) is 0. The Hall–Kier alpha value is -6.98. The Morgan fingerprint density at radius 2 is 0.672 bits per heavy atom. The zero-order chi connectivity index (χ0) is 38.2. The first-order valence-electron chi connectivity index (χ1n) is 19.9. The van der Waals surface area contributed by atoms with Gasteiger partial charge < -0.3 is 9.13 Å². The predicted octanol–water partition coefficient (Wildman–Crippen LogP) is 11.6. The van der Waals surface area contributed by atoms with Crippen LogP contribution in [0.3, 0.4) is 0 Å². The molecule has 0 aliphatic carbocycles. The lowest BCUT2D eigenvalue weighted by Gasteiger charge is -2.34. The van der Waals surface area contributed by atoms with E-state index in [-0.39, 0.29) is 0 Å². The monoisotopic (exact) mass is 772 g/mol. The van der Waals surface area contributed by atoms with Crippen molar-refractivity contribution in [2.75, 3.05) is 0 Å². The Morgan fingerprint density at radius 1 is 0.276 bits per heavy atom. The molecule has 2 nitrogen and oxygen atoms in total. The maximum atomic E-state index is 2.47. The van der Waals surface area contributed by atoms with Crippen LogP contribution in [0.1, 0.15) is 0 Å². The summed E-state index contributed by atoms with van der Waals surface area (Å²) >= 11 is 1.88. The fraction of sp³-hybridized carbons (Fsp3) is 0. The SMILES string of the molecule is c1ccc([Si](c2ccccc2)(c2ccc(-n3c4ccccc4c4ccccc43)cc2)c2ccc(-n3c4ccccc4c4cc5c(cc43)sc3ccccc35)cc2)cc1. The van der Waals surface area contributed by atoms with Crippen molar-refractivity contribution < 1.29 is 0 Å². The molecule has 0 fully saturated rings. The second-order valence-electron chi connectivity index (χ2n) is 15.3. The van der Waals surface area contributed by atoms with E-state index in [1.54, 1.807) is 0 Å². The molecule has 58 heavy (non-hydrogen) atoms. The molecule has 0 atom stereocenters. The lowest BCUT2D eigenvalue weighted by Crippen LogP contribution is -2.74. The van der Waals surface area contributed by atoms with Gasteiger partial charge in [0.2, 0.25) is 0 Å². The zero-order valence-corrected chi connectivity index (χ0v) is 33.4. The van der Waals surface area contributed by atoms with Crippen LogP contribution < -0.4 is 20.7 Å². The van der Waals surface area contributed by atoms with E-state index in [1.807, 2.05) is 11.3 Å². The van der Waals surface area contributed by atoms with Crippen molar-refractivity contribution in [2.24, 2.45) is 0 Å². The Bertz CT molecular complexity index is 3390. The van der Waals surface area contributed by atoms with Crippen LogP contribution in [0.2, 0.25) is 0 Å². The summed E-state index contributed by atoms with van der Waals surface area (Å²) < 4.78 is 7.53. The van der Waals surface area contributed by atoms with Gasteiger partial charge in [-0.15, -0.1) is 11.3 Å². The molecule has 0 aliphatic heterocycles. The highest BCUT2D eigenvalue weighted by molar-refractivity contribution is 7.26. The molecule has 3 heterocycles. The van der Waals surface area contributed by atoms with Gasteiger partial charge in [0.1, 0.15) is 0 Å². The molecule has 9 aromatic carbocycles. The minimum Gasteiger partial charge on any atom is -0.309 e. The average molecular weight is 773 g/mol. The van der Waals surface area contributed by atoms with E-state index in [9.17, 15) is 0 Å². The van der Waals surface area contributed by atoms with Crippen LogP contribution in [0.25, 0.3) is 75.2 Å². The maximum absolute atomic E-state index is 2.80. The third kappa shape index (κ3) is 4.83. The minimum atomic E-state index is -2.80. The minimum absolute atomic E-state index is 1.17. The van der Waals surface area contributed by atoms with Crippen LogP contribution in [0.5, 0.6) is 0 Å². The highest BCUT2D eigenvalue weighted by Gasteiger charge is 2.41. The lowest BCUT2D eigenvalue weighted by molar-refractivity contribution is 1.18. The molecule has 272 valence electrons. The Balaban J connectivity index is 1.06. The summed E-state index contributed by atoms with van der Waals surface area (Å²) in [6.45, 7) is 0. The Morgan fingerprint density at radius 3 is 1.19 bits per heavy atom. The second kappa shape index (κ2) is 13.0. The molecule has 0 amide bonds. The van der Waals surface area contributed by atoms with Gasteiger partial charge in [-0.1, -0.05) is 158 Å². The highest BCUT2D eigenvalue weighted by Crippen LogP contribution is 2.40. The number of hydrogen-bond acceptors (Lipinski definition) is 1. The summed E-state index contributed by atoms with van der Waals surface area (Å²) in [5.41, 5.74) is 7.24. The van der Waals surface area contributed by atoms with Gasteiger partial charge in [0.15, 0.2) is 8.07 Å². The van der Waals surface area contributed by atoms with Crippen molar-refractivity contribution in [3.8, 4) is 11.4 Å². The molecule has 4 heteroatoms. The van der Waals surface area contributed by atoms with E-state index in [0.717, 1.165) is 0 Å². The van der Waals surface area contributed by atoms with E-state index in [4.69, 9.17) is 0 Å². The molecule has 3 aromatic heterocycles. The van der Waals surface area contributed by atoms with Crippen LogP contribution >= 0.6 is 11.3 Å². The first kappa shape index (κ1) is 33.2. The topological polar surface area (TPSA) is 9.86 Å². The third-order valence-corrected chi connectivity index (χ3v) is 18.2. The van der Waals surface area contributed by atoms with E-state index < -0.39 is 8.07 Å². The summed E-state index contributed by atoms with van der Waals surface area (Å²) in [6, 6.07) is 81.5. The molecule has 0 saturated heterocycles. The fourth-order valence-electron chi connectivity index (χ4n) is 9.76. The van der Waals surface area contributed by atoms with Gasteiger partial charge in [-0.05, 0) is 81.4 Å². The van der Waals surface area contributed by atoms with Gasteiger partial charge in [0.05, 0.1) is 22.1 Å². The zero-order valence-electron chi connectivity index (χ0n) is 31.6. The Kier molecular flexibility index (Phi) is 7.46. The molecule has 0 spiro atoms. The van der Waals surface area contributed by atoms with Crippen molar-refractivity contribution in [3.05, 3.63) is 218 Å². The summed E-state index contributed by atoms with van der Waals surface area (Å²) in [4.78, 5) is 0. The quantitative estimate of drug-likeness (QED) is 0.118. The fourth-order valence-corrected chi connectivity index (χ4v) is 15.6. The van der Waals surface area contributed by atoms with Gasteiger partial charge in [-0.25, -0.2) is 0 Å². The maximum Gasteiger partial charge on any atom is 0.179 e. The van der Waals surface area contributed by atoms with Crippen LogP contribution in [0, 0.1) is 0 Å². The predicted molar refractivity (Wildman–Crippen MR) is 252 cm³/mol. The van der Waals surface area contributed by atoms with Crippen molar-refractivity contribution in [3.63, 3.8) is 0 Å². The Labute approximate surface area is 341 Å². The van der Waals surface area contributed by atoms with Gasteiger partial charge in [0.25, 0.3) is 0 Å². The van der Waals surface area contributed by atoms with Gasteiger partial charge in [-0.3, -0.25) is 0 Å². The van der Waals surface area contributed by atoms with Crippen LogP contribution in [-0.2, 0) is 0 Å². The second-order valence-corrected chi connectivity index (χ2v) is 20.2. The number of nitrogens with zero attached hydrogens (tertiary/aromatic N) is 2. The highest BCUT2D eigenvalue weighted by atomic mass is 32.1. The molecular formula is C54H36N2SSi. The van der Waals surface area contributed by atoms with Gasteiger partial charge in [0, 0.05) is 53.1 Å². The normalized spacial score (nSPS) is 12.1. The summed E-state index contributed by atoms with van der Waals surface area (Å²) in [5, 5.41) is 13.2. The van der Waals surface area contributed by atoms with E-state index in [0.29, 0.717) is 0 Å².